The van der Waals surface area contributed by atoms with Crippen molar-refractivity contribution in [1.29, 1.82) is 0 Å². The second-order valence-corrected chi connectivity index (χ2v) is 8.11. The number of anilines is 2. The molecule has 29 heavy (non-hydrogen) atoms. The van der Waals surface area contributed by atoms with E-state index in [9.17, 15) is 18.0 Å². The van der Waals surface area contributed by atoms with Gasteiger partial charge >= 0.3 is 5.97 Å². The summed E-state index contributed by atoms with van der Waals surface area (Å²) in [5.41, 5.74) is 1.80. The highest BCUT2D eigenvalue weighted by molar-refractivity contribution is 7.92. The van der Waals surface area contributed by atoms with Gasteiger partial charge in [0.2, 0.25) is 5.91 Å². The van der Waals surface area contributed by atoms with E-state index in [0.29, 0.717) is 16.9 Å². The van der Waals surface area contributed by atoms with Crippen LogP contribution in [0.1, 0.15) is 29.8 Å². The number of nitrogens with zero attached hydrogens (tertiary/aromatic N) is 1. The fraction of sp³-hybridized carbons (Fsp3) is 0.238. The lowest BCUT2D eigenvalue weighted by Crippen LogP contribution is -2.32. The van der Waals surface area contributed by atoms with Gasteiger partial charge in [-0.15, -0.1) is 6.58 Å². The van der Waals surface area contributed by atoms with Crippen LogP contribution in [-0.4, -0.2) is 33.4 Å². The molecule has 154 valence electrons. The fourth-order valence-electron chi connectivity index (χ4n) is 2.70. The molecule has 2 aromatic carbocycles. The number of ether oxygens (including phenoxy) is 1. The van der Waals surface area contributed by atoms with Gasteiger partial charge in [0, 0.05) is 12.6 Å². The maximum atomic E-state index is 13.3. The quantitative estimate of drug-likeness (QED) is 0.525. The first-order valence-corrected chi connectivity index (χ1v) is 10.4. The summed E-state index contributed by atoms with van der Waals surface area (Å²) in [6.45, 7) is 8.72. The van der Waals surface area contributed by atoms with Gasteiger partial charge in [0.05, 0.1) is 29.3 Å². The highest BCUT2D eigenvalue weighted by Gasteiger charge is 2.26. The van der Waals surface area contributed by atoms with Crippen molar-refractivity contribution in [1.82, 2.24) is 0 Å². The molecule has 0 atom stereocenters. The second-order valence-electron chi connectivity index (χ2n) is 6.25. The zero-order valence-corrected chi connectivity index (χ0v) is 17.5. The van der Waals surface area contributed by atoms with E-state index >= 15 is 0 Å². The number of nitrogens with one attached hydrogen (secondary N) is 1. The van der Waals surface area contributed by atoms with Crippen LogP contribution < -0.4 is 9.62 Å². The average molecular weight is 416 g/mol. The van der Waals surface area contributed by atoms with E-state index in [2.05, 4.69) is 11.9 Å². The maximum absolute atomic E-state index is 13.3. The minimum atomic E-state index is -3.94. The molecule has 8 heteroatoms. The number of carbonyl (C=O) groups excluding carboxylic acids is 2. The van der Waals surface area contributed by atoms with Crippen LogP contribution in [0.25, 0.3) is 0 Å². The van der Waals surface area contributed by atoms with E-state index in [4.69, 9.17) is 4.74 Å². The van der Waals surface area contributed by atoms with Gasteiger partial charge in [-0.25, -0.2) is 13.2 Å². The SMILES string of the molecule is C=CCN(c1cc(C(=O)OCC)ccc1C)S(=O)(=O)c1ccc(NC(C)=O)cc1. The third kappa shape index (κ3) is 5.23. The third-order valence-electron chi connectivity index (χ3n) is 4.05. The first kappa shape index (κ1) is 22.2. The van der Waals surface area contributed by atoms with Crippen molar-refractivity contribution >= 4 is 33.3 Å². The summed E-state index contributed by atoms with van der Waals surface area (Å²) in [5, 5.41) is 2.60. The topological polar surface area (TPSA) is 92.8 Å². The molecule has 0 bridgehead atoms. The molecule has 2 rings (SSSR count). The lowest BCUT2D eigenvalue weighted by molar-refractivity contribution is -0.114. The van der Waals surface area contributed by atoms with Crippen molar-refractivity contribution in [3.05, 3.63) is 66.2 Å². The highest BCUT2D eigenvalue weighted by Crippen LogP contribution is 2.29. The van der Waals surface area contributed by atoms with Crippen molar-refractivity contribution < 1.29 is 22.7 Å². The number of amides is 1. The Labute approximate surface area is 171 Å². The lowest BCUT2D eigenvalue weighted by Gasteiger charge is -2.25. The van der Waals surface area contributed by atoms with Crippen LogP contribution >= 0.6 is 0 Å². The Morgan fingerprint density at radius 1 is 1.17 bits per heavy atom. The molecule has 0 aliphatic heterocycles. The first-order valence-electron chi connectivity index (χ1n) is 8.99. The first-order chi connectivity index (χ1) is 13.7. The molecule has 0 spiro atoms. The number of benzene rings is 2. The molecule has 0 saturated carbocycles. The Morgan fingerprint density at radius 3 is 2.38 bits per heavy atom. The second kappa shape index (κ2) is 9.38. The molecule has 0 radical (unpaired) electrons. The van der Waals surface area contributed by atoms with Crippen LogP contribution in [-0.2, 0) is 19.6 Å². The van der Waals surface area contributed by atoms with E-state index < -0.39 is 16.0 Å². The Bertz CT molecular complexity index is 1010. The molecule has 0 heterocycles. The van der Waals surface area contributed by atoms with Gasteiger partial charge in [-0.3, -0.25) is 9.10 Å². The minimum Gasteiger partial charge on any atom is -0.462 e. The van der Waals surface area contributed by atoms with E-state index in [-0.39, 0.29) is 29.5 Å². The molecule has 2 aromatic rings. The molecule has 0 aromatic heterocycles. The van der Waals surface area contributed by atoms with Crippen molar-refractivity contribution in [2.45, 2.75) is 25.7 Å². The Kier molecular flexibility index (Phi) is 7.17. The number of hydrogen-bond donors (Lipinski definition) is 1. The Morgan fingerprint density at radius 2 is 1.83 bits per heavy atom. The standard InChI is InChI=1S/C21H24N2O5S/c1-5-13-23(20-14-17(8-7-15(20)3)21(25)28-6-2)29(26,27)19-11-9-18(10-12-19)22-16(4)24/h5,7-12,14H,1,6,13H2,2-4H3,(H,22,24). The number of sulfonamides is 1. The Balaban J connectivity index is 2.49. The smallest absolute Gasteiger partial charge is 0.338 e. The van der Waals surface area contributed by atoms with Crippen molar-refractivity contribution in [2.75, 3.05) is 22.8 Å². The van der Waals surface area contributed by atoms with Crippen LogP contribution in [0.2, 0.25) is 0 Å². The molecular formula is C21H24N2O5S. The number of rotatable bonds is 8. The van der Waals surface area contributed by atoms with Gasteiger partial charge in [0.25, 0.3) is 10.0 Å². The highest BCUT2D eigenvalue weighted by atomic mass is 32.2. The van der Waals surface area contributed by atoms with Crippen LogP contribution in [0.3, 0.4) is 0 Å². The largest absolute Gasteiger partial charge is 0.462 e. The molecule has 0 unspecified atom stereocenters. The normalized spacial score (nSPS) is 10.9. The summed E-state index contributed by atoms with van der Waals surface area (Å²) in [4.78, 5) is 23.3. The maximum Gasteiger partial charge on any atom is 0.338 e. The predicted octanol–water partition coefficient (Wildman–Crippen LogP) is 3.51. The van der Waals surface area contributed by atoms with Gasteiger partial charge < -0.3 is 10.1 Å². The van der Waals surface area contributed by atoms with Crippen molar-refractivity contribution in [2.24, 2.45) is 0 Å². The number of aryl methyl sites for hydroxylation is 1. The minimum absolute atomic E-state index is 0.0168. The molecule has 0 aliphatic carbocycles. The predicted molar refractivity (Wildman–Crippen MR) is 113 cm³/mol. The van der Waals surface area contributed by atoms with E-state index in [1.807, 2.05) is 0 Å². The number of esters is 1. The van der Waals surface area contributed by atoms with E-state index in [0.717, 1.165) is 0 Å². The lowest BCUT2D eigenvalue weighted by atomic mass is 10.1. The summed E-state index contributed by atoms with van der Waals surface area (Å²) in [5.74, 6) is -0.773. The van der Waals surface area contributed by atoms with E-state index in [1.54, 1.807) is 26.0 Å². The monoisotopic (exact) mass is 416 g/mol. The molecule has 0 saturated heterocycles. The fourth-order valence-corrected chi connectivity index (χ4v) is 4.20. The summed E-state index contributed by atoms with van der Waals surface area (Å²) < 4.78 is 32.8. The molecule has 1 N–H and O–H groups in total. The summed E-state index contributed by atoms with van der Waals surface area (Å²) in [6.07, 6.45) is 1.47. The molecule has 0 fully saturated rings. The van der Waals surface area contributed by atoms with Crippen LogP contribution in [0, 0.1) is 6.92 Å². The van der Waals surface area contributed by atoms with Crippen molar-refractivity contribution in [3.63, 3.8) is 0 Å². The number of hydrogen-bond acceptors (Lipinski definition) is 5. The summed E-state index contributed by atoms with van der Waals surface area (Å²) in [7, 11) is -3.94. The molecule has 1 amide bonds. The zero-order chi connectivity index (χ0) is 21.6. The van der Waals surface area contributed by atoms with Crippen LogP contribution in [0.5, 0.6) is 0 Å². The zero-order valence-electron chi connectivity index (χ0n) is 16.6. The van der Waals surface area contributed by atoms with Gasteiger partial charge in [-0.1, -0.05) is 12.1 Å². The average Bonchev–Trinajstić information content (AvgIpc) is 2.67. The van der Waals surface area contributed by atoms with Crippen LogP contribution in [0.4, 0.5) is 11.4 Å². The molecular weight excluding hydrogens is 392 g/mol. The molecule has 0 aliphatic rings. The third-order valence-corrected chi connectivity index (χ3v) is 5.84. The van der Waals surface area contributed by atoms with Gasteiger partial charge in [-0.2, -0.15) is 0 Å². The molecule has 7 nitrogen and oxygen atoms in total. The van der Waals surface area contributed by atoms with Gasteiger partial charge in [0.15, 0.2) is 0 Å². The van der Waals surface area contributed by atoms with Gasteiger partial charge in [0.1, 0.15) is 0 Å². The Hall–Kier alpha value is -3.13. The van der Waals surface area contributed by atoms with Crippen molar-refractivity contribution in [3.8, 4) is 0 Å². The van der Waals surface area contributed by atoms with E-state index in [1.165, 1.54) is 47.6 Å². The van der Waals surface area contributed by atoms with Crippen LogP contribution in [0.15, 0.2) is 60.0 Å². The summed E-state index contributed by atoms with van der Waals surface area (Å²) >= 11 is 0. The summed E-state index contributed by atoms with van der Waals surface area (Å²) in [6, 6.07) is 10.6. The van der Waals surface area contributed by atoms with Gasteiger partial charge in [-0.05, 0) is 55.8 Å². The number of carbonyl (C=O) groups is 2.